The van der Waals surface area contributed by atoms with E-state index in [4.69, 9.17) is 0 Å². The molecule has 0 rings (SSSR count). The molecule has 4 heteroatoms. The zero-order valence-corrected chi connectivity index (χ0v) is 16.0. The Hall–Kier alpha value is 2.58. The smallest absolute Gasteiger partial charge is 0.0826 e. The summed E-state index contributed by atoms with van der Waals surface area (Å²) >= 11 is 0. The van der Waals surface area contributed by atoms with Gasteiger partial charge in [-0.25, -0.2) is 0 Å². The summed E-state index contributed by atoms with van der Waals surface area (Å²) in [4.78, 5) is 0. The molecule has 0 aromatic heterocycles. The molecule has 0 nitrogen and oxygen atoms in total. The molecule has 0 aromatic rings. The van der Waals surface area contributed by atoms with Gasteiger partial charge in [-0.05, 0) is 6.42 Å². The van der Waals surface area contributed by atoms with Gasteiger partial charge in [0.15, 0.2) is 0 Å². The molecule has 0 unspecified atom stereocenters. The average molecular weight is 455 g/mol. The van der Waals surface area contributed by atoms with Crippen molar-refractivity contribution in [3.63, 3.8) is 0 Å². The quantitative estimate of drug-likeness (QED) is 0.226. The van der Waals surface area contributed by atoms with Crippen molar-refractivity contribution in [2.24, 2.45) is 0 Å². The standard InChI is InChI=1S/C5H10.2HI.2Zn/c1-3-5-4-2;;;;/h1-5H2;2*1H;;/p-2. The molecule has 0 saturated heterocycles. The van der Waals surface area contributed by atoms with Crippen molar-refractivity contribution in [2.45, 2.75) is 19.3 Å². The zero-order valence-electron chi connectivity index (χ0n) is 5.71. The van der Waals surface area contributed by atoms with Gasteiger partial charge < -0.3 is 54.9 Å². The van der Waals surface area contributed by atoms with Crippen LogP contribution in [-0.4, -0.2) is 0 Å². The van der Waals surface area contributed by atoms with Gasteiger partial charge in [-0.3, -0.25) is 0 Å². The molecule has 0 radical (unpaired) electrons. The van der Waals surface area contributed by atoms with Crippen molar-refractivity contribution in [3.8, 4) is 0 Å². The second-order valence-corrected chi connectivity index (χ2v) is 1.06. The Morgan fingerprint density at radius 3 is 1.44 bits per heavy atom. The molecule has 0 heterocycles. The molecule has 0 aromatic carbocycles. The van der Waals surface area contributed by atoms with Gasteiger partial charge in [-0.15, -0.1) is 0 Å². The molecule has 0 aliphatic heterocycles. The van der Waals surface area contributed by atoms with E-state index in [0.717, 1.165) is 12.8 Å². The third-order valence-corrected chi connectivity index (χ3v) is 0.500. The van der Waals surface area contributed by atoms with E-state index < -0.39 is 0 Å². The molecule has 0 amide bonds. The van der Waals surface area contributed by atoms with E-state index in [1.165, 1.54) is 6.42 Å². The van der Waals surface area contributed by atoms with Crippen LogP contribution in [0.2, 0.25) is 0 Å². The molecule has 0 aliphatic rings. The Morgan fingerprint density at radius 1 is 1.11 bits per heavy atom. The molecule has 0 spiro atoms. The van der Waals surface area contributed by atoms with Crippen molar-refractivity contribution < 1.29 is 86.9 Å². The minimum absolute atomic E-state index is 0. The summed E-state index contributed by atoms with van der Waals surface area (Å²) in [6.45, 7) is 7.27. The van der Waals surface area contributed by atoms with Crippen LogP contribution in [-0.2, 0) is 39.0 Å². The van der Waals surface area contributed by atoms with Crippen LogP contribution in [0.5, 0.6) is 0 Å². The fraction of sp³-hybridized carbons (Fsp3) is 0.600. The van der Waals surface area contributed by atoms with Gasteiger partial charge in [0.25, 0.3) is 0 Å². The normalized spacial score (nSPS) is 4.56. The molecule has 0 atom stereocenters. The van der Waals surface area contributed by atoms with Crippen molar-refractivity contribution >= 4 is 0 Å². The maximum atomic E-state index is 3.64. The summed E-state index contributed by atoms with van der Waals surface area (Å²) in [7, 11) is 0. The van der Waals surface area contributed by atoms with E-state index in [2.05, 4.69) is 13.8 Å². The number of halogens is 2. The summed E-state index contributed by atoms with van der Waals surface area (Å²) in [5, 5.41) is 0. The van der Waals surface area contributed by atoms with Crippen molar-refractivity contribution in [1.29, 1.82) is 0 Å². The van der Waals surface area contributed by atoms with Gasteiger partial charge in [0.2, 0.25) is 0 Å². The van der Waals surface area contributed by atoms with Crippen LogP contribution in [0.3, 0.4) is 0 Å². The van der Waals surface area contributed by atoms with Crippen LogP contribution in [0.4, 0.5) is 0 Å². The zero-order chi connectivity index (χ0) is 4.12. The number of hydrogen-bond donors (Lipinski definition) is 0. The Kier molecular flexibility index (Phi) is 104. The van der Waals surface area contributed by atoms with Crippen LogP contribution in [0.1, 0.15) is 19.3 Å². The molecule has 0 saturated carbocycles. The summed E-state index contributed by atoms with van der Waals surface area (Å²) in [5.41, 5.74) is 0. The summed E-state index contributed by atoms with van der Waals surface area (Å²) in [6, 6.07) is 0. The molecule has 0 N–H and O–H groups in total. The Labute approximate surface area is 118 Å². The largest absolute Gasteiger partial charge is 1.00 e. The number of unbranched alkanes of at least 4 members (excludes halogenated alkanes) is 2. The van der Waals surface area contributed by atoms with Crippen LogP contribution in [0.25, 0.3) is 0 Å². The van der Waals surface area contributed by atoms with E-state index >= 15 is 0 Å². The van der Waals surface area contributed by atoms with E-state index in [0.29, 0.717) is 0 Å². The van der Waals surface area contributed by atoms with Crippen LogP contribution in [0, 0.1) is 13.8 Å². The molecule has 0 aliphatic carbocycles. The predicted molar refractivity (Wildman–Crippen MR) is 24.6 cm³/mol. The van der Waals surface area contributed by atoms with E-state index in [9.17, 15) is 0 Å². The fourth-order valence-electron chi connectivity index (χ4n) is 0.177. The first-order valence-electron chi connectivity index (χ1n) is 2.00. The van der Waals surface area contributed by atoms with Gasteiger partial charge in [0.05, 0.1) is 13.3 Å². The summed E-state index contributed by atoms with van der Waals surface area (Å²) in [6.07, 6.45) is 3.23. The Bertz CT molecular complexity index is 20.4. The molecule has 0 bridgehead atoms. The third kappa shape index (κ3) is 37.1. The minimum atomic E-state index is 0. The molecular formula is C5H10I2Zn2-2. The molecule has 0 fully saturated rings. The van der Waals surface area contributed by atoms with Gasteiger partial charge in [-0.2, -0.15) is 6.42 Å². The maximum Gasteiger partial charge on any atom is 0.0826 e. The third-order valence-electron chi connectivity index (χ3n) is 0.500. The first kappa shape index (κ1) is 29.9. The molecule has 9 heavy (non-hydrogen) atoms. The minimum Gasteiger partial charge on any atom is -1.00 e. The van der Waals surface area contributed by atoms with Crippen LogP contribution < -0.4 is 48.0 Å². The predicted octanol–water partition coefficient (Wildman–Crippen LogP) is -4.17. The average Bonchev–Trinajstić information content (AvgIpc) is 1.41. The second kappa shape index (κ2) is 31.2. The van der Waals surface area contributed by atoms with Crippen molar-refractivity contribution in [2.75, 3.05) is 0 Å². The first-order chi connectivity index (χ1) is 2.41. The monoisotopic (exact) mass is 452 g/mol. The SMILES string of the molecule is [CH2+]CCC[CH2-].[I-].[I-].[Zn].[Zn]. The van der Waals surface area contributed by atoms with Crippen LogP contribution >= 0.6 is 0 Å². The molecule has 50 valence electrons. The van der Waals surface area contributed by atoms with E-state index in [1.807, 2.05) is 0 Å². The van der Waals surface area contributed by atoms with Crippen LogP contribution in [0.15, 0.2) is 0 Å². The van der Waals surface area contributed by atoms with Gasteiger partial charge in [-0.1, -0.05) is 0 Å². The fourth-order valence-corrected chi connectivity index (χ4v) is 0.177. The molecular weight excluding hydrogens is 445 g/mol. The summed E-state index contributed by atoms with van der Waals surface area (Å²) in [5.74, 6) is 0. The number of hydrogen-bond acceptors (Lipinski definition) is 0. The summed E-state index contributed by atoms with van der Waals surface area (Å²) < 4.78 is 0. The Morgan fingerprint density at radius 2 is 1.44 bits per heavy atom. The van der Waals surface area contributed by atoms with E-state index in [-0.39, 0.29) is 86.9 Å². The second-order valence-electron chi connectivity index (χ2n) is 1.06. The first-order valence-corrected chi connectivity index (χ1v) is 2.00. The topological polar surface area (TPSA) is 0 Å². The Balaban J connectivity index is -0.0000000133. The van der Waals surface area contributed by atoms with Gasteiger partial charge >= 0.3 is 0 Å². The van der Waals surface area contributed by atoms with Gasteiger partial charge in [0.1, 0.15) is 0 Å². The van der Waals surface area contributed by atoms with Gasteiger partial charge in [0, 0.05) is 39.0 Å². The van der Waals surface area contributed by atoms with Crippen molar-refractivity contribution in [1.82, 2.24) is 0 Å². The number of rotatable bonds is 2. The van der Waals surface area contributed by atoms with E-state index in [1.54, 1.807) is 0 Å². The maximum absolute atomic E-state index is 3.64. The van der Waals surface area contributed by atoms with Crippen molar-refractivity contribution in [3.05, 3.63) is 13.8 Å².